The van der Waals surface area contributed by atoms with Crippen molar-refractivity contribution in [3.63, 3.8) is 0 Å². The summed E-state index contributed by atoms with van der Waals surface area (Å²) in [5, 5.41) is 3.40. The van der Waals surface area contributed by atoms with E-state index in [1.807, 2.05) is 0 Å². The second-order valence-electron chi connectivity index (χ2n) is 5.38. The average molecular weight is 249 g/mol. The fourth-order valence-electron chi connectivity index (χ4n) is 2.04. The van der Waals surface area contributed by atoms with E-state index < -0.39 is 0 Å². The van der Waals surface area contributed by atoms with Gasteiger partial charge in [0.15, 0.2) is 0 Å². The molecular formula is C16H27NO. The first kappa shape index (κ1) is 15.0. The molecule has 0 aliphatic heterocycles. The highest BCUT2D eigenvalue weighted by Gasteiger charge is 2.06. The van der Waals surface area contributed by atoms with E-state index in [0.29, 0.717) is 5.92 Å². The molecule has 18 heavy (non-hydrogen) atoms. The van der Waals surface area contributed by atoms with Gasteiger partial charge >= 0.3 is 0 Å². The Balaban J connectivity index is 2.39. The van der Waals surface area contributed by atoms with Crippen LogP contribution in [-0.2, 0) is 6.54 Å². The first-order chi connectivity index (χ1) is 8.61. The number of rotatable bonds is 8. The summed E-state index contributed by atoms with van der Waals surface area (Å²) in [6, 6.07) is 8.42. The minimum atomic E-state index is 0.286. The summed E-state index contributed by atoms with van der Waals surface area (Å²) in [7, 11) is 0. The summed E-state index contributed by atoms with van der Waals surface area (Å²) in [6.45, 7) is 10.8. The molecule has 1 aromatic rings. The molecule has 1 rings (SSSR count). The lowest BCUT2D eigenvalue weighted by atomic mass is 10.1. The van der Waals surface area contributed by atoms with Gasteiger partial charge in [0.2, 0.25) is 0 Å². The molecule has 0 spiro atoms. The Kier molecular flexibility index (Phi) is 6.81. The standard InChI is InChI=1S/C16H27NO/c1-5-10-17-12-15-6-8-16(9-7-15)18-14(4)11-13(2)3/h6-9,13-14,17H,5,10-12H2,1-4H3. The van der Waals surface area contributed by atoms with Gasteiger partial charge in [0.05, 0.1) is 6.10 Å². The van der Waals surface area contributed by atoms with Crippen LogP contribution in [-0.4, -0.2) is 12.6 Å². The molecular weight excluding hydrogens is 222 g/mol. The molecule has 0 bridgehead atoms. The van der Waals surface area contributed by atoms with Crippen LogP contribution < -0.4 is 10.1 Å². The zero-order valence-electron chi connectivity index (χ0n) is 12.2. The van der Waals surface area contributed by atoms with Crippen LogP contribution in [0.5, 0.6) is 5.75 Å². The maximum Gasteiger partial charge on any atom is 0.119 e. The topological polar surface area (TPSA) is 21.3 Å². The molecule has 0 aliphatic rings. The molecule has 0 saturated carbocycles. The molecule has 1 N–H and O–H groups in total. The highest BCUT2D eigenvalue weighted by atomic mass is 16.5. The summed E-state index contributed by atoms with van der Waals surface area (Å²) in [5.41, 5.74) is 1.31. The molecule has 0 fully saturated rings. The summed E-state index contributed by atoms with van der Waals surface area (Å²) >= 11 is 0. The normalized spacial score (nSPS) is 12.7. The maximum atomic E-state index is 5.89. The van der Waals surface area contributed by atoms with E-state index in [2.05, 4.69) is 57.3 Å². The minimum absolute atomic E-state index is 0.286. The molecule has 0 aliphatic carbocycles. The molecule has 102 valence electrons. The zero-order valence-corrected chi connectivity index (χ0v) is 12.2. The van der Waals surface area contributed by atoms with Crippen molar-refractivity contribution in [2.75, 3.05) is 6.54 Å². The molecule has 1 atom stereocenters. The van der Waals surface area contributed by atoms with Crippen molar-refractivity contribution in [2.24, 2.45) is 5.92 Å². The SMILES string of the molecule is CCCNCc1ccc(OC(C)CC(C)C)cc1. The first-order valence-electron chi connectivity index (χ1n) is 7.08. The van der Waals surface area contributed by atoms with Crippen molar-refractivity contribution in [3.05, 3.63) is 29.8 Å². The monoisotopic (exact) mass is 249 g/mol. The first-order valence-corrected chi connectivity index (χ1v) is 7.08. The van der Waals surface area contributed by atoms with E-state index in [4.69, 9.17) is 4.74 Å². The number of hydrogen-bond donors (Lipinski definition) is 1. The summed E-state index contributed by atoms with van der Waals surface area (Å²) < 4.78 is 5.89. The zero-order chi connectivity index (χ0) is 13.4. The smallest absolute Gasteiger partial charge is 0.119 e. The third-order valence-corrected chi connectivity index (χ3v) is 2.82. The lowest BCUT2D eigenvalue weighted by Crippen LogP contribution is -2.15. The van der Waals surface area contributed by atoms with Gasteiger partial charge < -0.3 is 10.1 Å². The number of ether oxygens (including phenoxy) is 1. The Hall–Kier alpha value is -1.02. The van der Waals surface area contributed by atoms with Crippen LogP contribution in [0, 0.1) is 5.92 Å². The largest absolute Gasteiger partial charge is 0.491 e. The lowest BCUT2D eigenvalue weighted by molar-refractivity contribution is 0.193. The molecule has 1 aromatic carbocycles. The van der Waals surface area contributed by atoms with Gasteiger partial charge in [0.25, 0.3) is 0 Å². The van der Waals surface area contributed by atoms with Gasteiger partial charge in [0, 0.05) is 6.54 Å². The Morgan fingerprint density at radius 3 is 2.33 bits per heavy atom. The van der Waals surface area contributed by atoms with Crippen LogP contribution in [0.15, 0.2) is 24.3 Å². The quantitative estimate of drug-likeness (QED) is 0.703. The van der Waals surface area contributed by atoms with Gasteiger partial charge in [0.1, 0.15) is 5.75 Å². The fourth-order valence-corrected chi connectivity index (χ4v) is 2.04. The molecule has 2 heteroatoms. The molecule has 0 aromatic heterocycles. The third-order valence-electron chi connectivity index (χ3n) is 2.82. The Morgan fingerprint density at radius 1 is 1.11 bits per heavy atom. The summed E-state index contributed by atoms with van der Waals surface area (Å²) in [6.07, 6.45) is 2.56. The van der Waals surface area contributed by atoms with E-state index in [1.54, 1.807) is 0 Å². The number of nitrogens with one attached hydrogen (secondary N) is 1. The summed E-state index contributed by atoms with van der Waals surface area (Å²) in [4.78, 5) is 0. The Labute approximate surface area is 112 Å². The Bertz CT molecular complexity index is 318. The van der Waals surface area contributed by atoms with E-state index in [-0.39, 0.29) is 6.10 Å². The van der Waals surface area contributed by atoms with Crippen LogP contribution in [0.2, 0.25) is 0 Å². The third kappa shape index (κ3) is 6.06. The minimum Gasteiger partial charge on any atom is -0.491 e. The van der Waals surface area contributed by atoms with Crippen molar-refractivity contribution in [2.45, 2.75) is 53.2 Å². The van der Waals surface area contributed by atoms with Crippen molar-refractivity contribution in [3.8, 4) is 5.75 Å². The maximum absolute atomic E-state index is 5.89. The number of benzene rings is 1. The predicted molar refractivity (Wildman–Crippen MR) is 78.0 cm³/mol. The second kappa shape index (κ2) is 8.15. The van der Waals surface area contributed by atoms with Crippen LogP contribution in [0.1, 0.15) is 46.1 Å². The van der Waals surface area contributed by atoms with Crippen LogP contribution >= 0.6 is 0 Å². The molecule has 0 amide bonds. The van der Waals surface area contributed by atoms with Crippen molar-refractivity contribution < 1.29 is 4.74 Å². The van der Waals surface area contributed by atoms with E-state index in [9.17, 15) is 0 Å². The molecule has 1 unspecified atom stereocenters. The highest BCUT2D eigenvalue weighted by Crippen LogP contribution is 2.16. The van der Waals surface area contributed by atoms with E-state index in [1.165, 1.54) is 12.0 Å². The van der Waals surface area contributed by atoms with Gasteiger partial charge in [-0.2, -0.15) is 0 Å². The molecule has 0 heterocycles. The molecule has 2 nitrogen and oxygen atoms in total. The van der Waals surface area contributed by atoms with Gasteiger partial charge in [-0.3, -0.25) is 0 Å². The highest BCUT2D eigenvalue weighted by molar-refractivity contribution is 5.27. The fraction of sp³-hybridized carbons (Fsp3) is 0.625. The predicted octanol–water partition coefficient (Wildman–Crippen LogP) is 4.00. The van der Waals surface area contributed by atoms with Crippen LogP contribution in [0.3, 0.4) is 0 Å². The van der Waals surface area contributed by atoms with Crippen molar-refractivity contribution in [1.82, 2.24) is 5.32 Å². The van der Waals surface area contributed by atoms with Crippen LogP contribution in [0.25, 0.3) is 0 Å². The van der Waals surface area contributed by atoms with Gasteiger partial charge in [-0.05, 0) is 49.9 Å². The second-order valence-corrected chi connectivity index (χ2v) is 5.38. The van der Waals surface area contributed by atoms with Gasteiger partial charge in [-0.15, -0.1) is 0 Å². The lowest BCUT2D eigenvalue weighted by Gasteiger charge is -2.16. The van der Waals surface area contributed by atoms with Crippen molar-refractivity contribution in [1.29, 1.82) is 0 Å². The van der Waals surface area contributed by atoms with E-state index >= 15 is 0 Å². The van der Waals surface area contributed by atoms with E-state index in [0.717, 1.165) is 25.3 Å². The van der Waals surface area contributed by atoms with Gasteiger partial charge in [-0.1, -0.05) is 32.9 Å². The number of hydrogen-bond acceptors (Lipinski definition) is 2. The molecule has 0 radical (unpaired) electrons. The van der Waals surface area contributed by atoms with Crippen molar-refractivity contribution >= 4 is 0 Å². The Morgan fingerprint density at radius 2 is 1.78 bits per heavy atom. The summed E-state index contributed by atoms with van der Waals surface area (Å²) in [5.74, 6) is 1.65. The van der Waals surface area contributed by atoms with Gasteiger partial charge in [-0.25, -0.2) is 0 Å². The molecule has 0 saturated heterocycles. The average Bonchev–Trinajstić information content (AvgIpc) is 2.30. The van der Waals surface area contributed by atoms with Crippen LogP contribution in [0.4, 0.5) is 0 Å².